The normalized spacial score (nSPS) is 14.0. The van der Waals surface area contributed by atoms with E-state index in [-0.39, 0.29) is 25.7 Å². The van der Waals surface area contributed by atoms with Crippen molar-refractivity contribution in [2.24, 2.45) is 17.8 Å². The molecule has 0 rings (SSSR count). The highest BCUT2D eigenvalue weighted by Gasteiger charge is 2.30. The average Bonchev–Trinajstić information content (AvgIpc) is 3.79. The number of rotatable bonds is 76. The zero-order valence-electron chi connectivity index (χ0n) is 63.5. The third-order valence-electron chi connectivity index (χ3n) is 18.1. The van der Waals surface area contributed by atoms with Crippen LogP contribution >= 0.6 is 15.6 Å². The van der Waals surface area contributed by atoms with Crippen LogP contribution in [0.4, 0.5) is 0 Å². The molecule has 0 saturated carbocycles. The maximum atomic E-state index is 13.1. The molecule has 576 valence electrons. The van der Waals surface area contributed by atoms with E-state index in [1.165, 1.54) is 212 Å². The van der Waals surface area contributed by atoms with Crippen molar-refractivity contribution in [3.8, 4) is 0 Å². The van der Waals surface area contributed by atoms with E-state index in [4.69, 9.17) is 37.0 Å². The van der Waals surface area contributed by atoms with Gasteiger partial charge in [0.15, 0.2) is 12.2 Å². The van der Waals surface area contributed by atoms with Gasteiger partial charge in [-0.15, -0.1) is 0 Å². The molecule has 3 N–H and O–H groups in total. The Hall–Kier alpha value is -1.94. The van der Waals surface area contributed by atoms with Crippen molar-refractivity contribution in [2.45, 2.75) is 420 Å². The molecular formula is C78H152O17P2. The quantitative estimate of drug-likeness (QED) is 0.0222. The summed E-state index contributed by atoms with van der Waals surface area (Å²) in [5.41, 5.74) is 0. The highest BCUT2D eigenvalue weighted by atomic mass is 31.2. The molecule has 0 aliphatic rings. The van der Waals surface area contributed by atoms with E-state index in [0.717, 1.165) is 108 Å². The number of phosphoric ester groups is 2. The lowest BCUT2D eigenvalue weighted by molar-refractivity contribution is -0.161. The molecule has 0 aliphatic heterocycles. The number of ether oxygens (including phenoxy) is 4. The third kappa shape index (κ3) is 72.2. The minimum Gasteiger partial charge on any atom is -0.462 e. The Morgan fingerprint density at radius 2 is 0.474 bits per heavy atom. The fraction of sp³-hybridized carbons (Fsp3) is 0.949. The average molecular weight is 1420 g/mol. The van der Waals surface area contributed by atoms with E-state index in [2.05, 4.69) is 48.5 Å². The second-order valence-electron chi connectivity index (χ2n) is 29.5. The van der Waals surface area contributed by atoms with Gasteiger partial charge in [-0.1, -0.05) is 350 Å². The predicted molar refractivity (Wildman–Crippen MR) is 395 cm³/mol. The van der Waals surface area contributed by atoms with Crippen LogP contribution in [0, 0.1) is 17.8 Å². The first kappa shape index (κ1) is 95.1. The maximum absolute atomic E-state index is 13.1. The van der Waals surface area contributed by atoms with Gasteiger partial charge in [-0.25, -0.2) is 9.13 Å². The Morgan fingerprint density at radius 3 is 0.701 bits per heavy atom. The van der Waals surface area contributed by atoms with Crippen LogP contribution < -0.4 is 0 Å². The number of hydrogen-bond acceptors (Lipinski definition) is 15. The van der Waals surface area contributed by atoms with E-state index < -0.39 is 97.5 Å². The van der Waals surface area contributed by atoms with Crippen LogP contribution in [0.5, 0.6) is 0 Å². The Labute approximate surface area is 594 Å². The summed E-state index contributed by atoms with van der Waals surface area (Å²) in [6, 6.07) is 0. The van der Waals surface area contributed by atoms with Gasteiger partial charge in [0.25, 0.3) is 0 Å². The van der Waals surface area contributed by atoms with Crippen molar-refractivity contribution in [1.29, 1.82) is 0 Å². The molecule has 17 nitrogen and oxygen atoms in total. The SMILES string of the molecule is CCCCCCCCCCCCCCC(=O)OC[C@H](COP(=O)(O)OC[C@H](O)COP(=O)(O)OC[C@@H](COC(=O)CCCCCCCCCCCC(C)C)OC(=O)CCCCCCCCCCCCCCCCCCCCC(C)C)OC(=O)CCCCCCCCCCCC(C)C. The molecule has 0 spiro atoms. The van der Waals surface area contributed by atoms with Crippen LogP contribution in [0.2, 0.25) is 0 Å². The molecule has 0 heterocycles. The topological polar surface area (TPSA) is 237 Å². The molecule has 0 bridgehead atoms. The highest BCUT2D eigenvalue weighted by Crippen LogP contribution is 2.45. The van der Waals surface area contributed by atoms with Crippen LogP contribution in [-0.2, 0) is 65.4 Å². The fourth-order valence-electron chi connectivity index (χ4n) is 12.0. The van der Waals surface area contributed by atoms with Gasteiger partial charge in [-0.05, 0) is 43.4 Å². The van der Waals surface area contributed by atoms with E-state index >= 15 is 0 Å². The zero-order valence-corrected chi connectivity index (χ0v) is 65.3. The van der Waals surface area contributed by atoms with Crippen LogP contribution in [0.25, 0.3) is 0 Å². The summed E-state index contributed by atoms with van der Waals surface area (Å²) in [6.07, 6.45) is 55.5. The van der Waals surface area contributed by atoms with Gasteiger partial charge in [-0.3, -0.25) is 37.3 Å². The molecule has 0 amide bonds. The Morgan fingerprint density at radius 1 is 0.278 bits per heavy atom. The summed E-state index contributed by atoms with van der Waals surface area (Å²) in [5, 5.41) is 10.6. The van der Waals surface area contributed by atoms with Gasteiger partial charge < -0.3 is 33.8 Å². The monoisotopic (exact) mass is 1420 g/mol. The van der Waals surface area contributed by atoms with Crippen molar-refractivity contribution in [1.82, 2.24) is 0 Å². The minimum absolute atomic E-state index is 0.105. The highest BCUT2D eigenvalue weighted by molar-refractivity contribution is 7.47. The Balaban J connectivity index is 5.21. The number of hydrogen-bond donors (Lipinski definition) is 3. The number of phosphoric acid groups is 2. The van der Waals surface area contributed by atoms with Crippen LogP contribution in [0.1, 0.15) is 402 Å². The standard InChI is InChI=1S/C78H152O17P2/c1-8-9-10-11-12-13-14-24-31-38-45-52-59-75(80)88-65-74(95-78(83)62-55-48-41-34-27-30-37-44-51-58-71(6)7)68-93-97(86,87)91-64-72(79)63-90-96(84,85)92-67-73(66-89-76(81)60-53-46-39-33-26-29-36-43-50-57-70(4)5)94-77(82)61-54-47-40-32-25-22-20-18-16-15-17-19-21-23-28-35-42-49-56-69(2)3/h69-74,79H,8-68H2,1-7H3,(H,84,85)(H,86,87)/t72-,73-,74-/m1/s1. The zero-order chi connectivity index (χ0) is 71.6. The first-order valence-electron chi connectivity index (χ1n) is 40.3. The molecule has 0 aromatic carbocycles. The van der Waals surface area contributed by atoms with Crippen molar-refractivity contribution in [3.05, 3.63) is 0 Å². The van der Waals surface area contributed by atoms with Crippen molar-refractivity contribution < 1.29 is 80.2 Å². The van der Waals surface area contributed by atoms with Crippen LogP contribution in [0.15, 0.2) is 0 Å². The van der Waals surface area contributed by atoms with E-state index in [0.29, 0.717) is 25.7 Å². The lowest BCUT2D eigenvalue weighted by Crippen LogP contribution is -2.30. The first-order chi connectivity index (χ1) is 46.7. The third-order valence-corrected chi connectivity index (χ3v) is 20.0. The number of unbranched alkanes of at least 4 members (excludes halogenated alkanes) is 44. The molecule has 0 aliphatic carbocycles. The number of aliphatic hydroxyl groups excluding tert-OH is 1. The van der Waals surface area contributed by atoms with E-state index in [1.54, 1.807) is 0 Å². The molecule has 97 heavy (non-hydrogen) atoms. The Bertz CT molecular complexity index is 1890. The molecule has 0 fully saturated rings. The molecule has 0 aromatic heterocycles. The fourth-order valence-corrected chi connectivity index (χ4v) is 13.5. The van der Waals surface area contributed by atoms with Gasteiger partial charge in [0.2, 0.25) is 0 Å². The summed E-state index contributed by atoms with van der Waals surface area (Å²) in [4.78, 5) is 72.9. The van der Waals surface area contributed by atoms with Gasteiger partial charge in [0.05, 0.1) is 26.4 Å². The van der Waals surface area contributed by atoms with Crippen LogP contribution in [0.3, 0.4) is 0 Å². The lowest BCUT2D eigenvalue weighted by Gasteiger charge is -2.21. The van der Waals surface area contributed by atoms with Gasteiger partial charge in [0, 0.05) is 25.7 Å². The second-order valence-corrected chi connectivity index (χ2v) is 32.4. The second kappa shape index (κ2) is 68.5. The molecule has 2 unspecified atom stereocenters. The largest absolute Gasteiger partial charge is 0.472 e. The van der Waals surface area contributed by atoms with Crippen molar-refractivity contribution in [3.63, 3.8) is 0 Å². The number of aliphatic hydroxyl groups is 1. The molecule has 5 atom stereocenters. The predicted octanol–water partition coefficient (Wildman–Crippen LogP) is 23.0. The Kier molecular flexibility index (Phi) is 67.1. The molecule has 19 heteroatoms. The summed E-state index contributed by atoms with van der Waals surface area (Å²) < 4.78 is 68.6. The minimum atomic E-state index is -4.96. The molecule has 0 aromatic rings. The molecule has 0 radical (unpaired) electrons. The van der Waals surface area contributed by atoms with Gasteiger partial charge in [-0.2, -0.15) is 0 Å². The van der Waals surface area contributed by atoms with Gasteiger partial charge >= 0.3 is 39.5 Å². The van der Waals surface area contributed by atoms with E-state index in [1.807, 2.05) is 0 Å². The van der Waals surface area contributed by atoms with E-state index in [9.17, 15) is 43.2 Å². The summed E-state index contributed by atoms with van der Waals surface area (Å²) in [6.45, 7) is 11.9. The van der Waals surface area contributed by atoms with Crippen molar-refractivity contribution in [2.75, 3.05) is 39.6 Å². The van der Waals surface area contributed by atoms with Crippen LogP contribution in [-0.4, -0.2) is 96.7 Å². The number of carbonyl (C=O) groups is 4. The lowest BCUT2D eigenvalue weighted by atomic mass is 10.0. The summed E-state index contributed by atoms with van der Waals surface area (Å²) in [7, 11) is -9.91. The smallest absolute Gasteiger partial charge is 0.462 e. The first-order valence-corrected chi connectivity index (χ1v) is 43.3. The van der Waals surface area contributed by atoms with Crippen molar-refractivity contribution >= 4 is 39.5 Å². The summed E-state index contributed by atoms with van der Waals surface area (Å²) >= 11 is 0. The maximum Gasteiger partial charge on any atom is 0.472 e. The number of carbonyl (C=O) groups excluding carboxylic acids is 4. The molecular weight excluding hydrogens is 1270 g/mol. The summed E-state index contributed by atoms with van der Waals surface area (Å²) in [5.74, 6) is 0.185. The number of esters is 4. The van der Waals surface area contributed by atoms with Gasteiger partial charge in [0.1, 0.15) is 19.3 Å². The molecule has 0 saturated heterocycles.